The highest BCUT2D eigenvalue weighted by molar-refractivity contribution is 5.93. The van der Waals surface area contributed by atoms with E-state index in [4.69, 9.17) is 9.47 Å². The summed E-state index contributed by atoms with van der Waals surface area (Å²) in [7, 11) is 1.89. The van der Waals surface area contributed by atoms with Gasteiger partial charge < -0.3 is 9.47 Å². The normalized spacial score (nSPS) is 15.0. The summed E-state index contributed by atoms with van der Waals surface area (Å²) in [4.78, 5) is 0. The van der Waals surface area contributed by atoms with Gasteiger partial charge in [-0.15, -0.1) is 0 Å². The van der Waals surface area contributed by atoms with Crippen molar-refractivity contribution in [2.24, 2.45) is 7.05 Å². The third kappa shape index (κ3) is 2.93. The maximum Gasteiger partial charge on any atom is 0.219 e. The number of rotatable bonds is 0. The minimum absolute atomic E-state index is 0.559. The van der Waals surface area contributed by atoms with Gasteiger partial charge in [-0.05, 0) is 35.9 Å². The molecule has 6 heteroatoms. The molecule has 0 atom stereocenters. The van der Waals surface area contributed by atoms with Gasteiger partial charge >= 0.3 is 0 Å². The van der Waals surface area contributed by atoms with Gasteiger partial charge in [-0.2, -0.15) is 10.2 Å². The Morgan fingerprint density at radius 3 is 2.89 bits per heavy atom. The summed E-state index contributed by atoms with van der Waals surface area (Å²) in [5, 5.41) is 13.0. The number of nitrogens with one attached hydrogen (secondary N) is 1. The smallest absolute Gasteiger partial charge is 0.219 e. The number of aromatic amines is 1. The highest BCUT2D eigenvalue weighted by atomic mass is 16.5. The first-order valence-corrected chi connectivity index (χ1v) is 9.33. The third-order valence-electron chi connectivity index (χ3n) is 4.91. The number of benzene rings is 2. The summed E-state index contributed by atoms with van der Waals surface area (Å²) in [6, 6.07) is 14.2. The van der Waals surface area contributed by atoms with Crippen molar-refractivity contribution in [3.63, 3.8) is 0 Å². The van der Waals surface area contributed by atoms with Crippen molar-refractivity contribution in [3.8, 4) is 22.8 Å². The second-order valence-electron chi connectivity index (χ2n) is 6.78. The number of aryl methyl sites for hydroxylation is 1. The van der Waals surface area contributed by atoms with Crippen LogP contribution in [0, 0.1) is 0 Å². The molecule has 0 fully saturated rings. The van der Waals surface area contributed by atoms with Crippen molar-refractivity contribution in [1.82, 2.24) is 20.0 Å². The zero-order valence-electron chi connectivity index (χ0n) is 15.6. The number of H-pyrrole nitrogens is 1. The van der Waals surface area contributed by atoms with Crippen LogP contribution >= 0.6 is 0 Å². The topological polar surface area (TPSA) is 65.0 Å². The van der Waals surface area contributed by atoms with Crippen LogP contribution in [-0.2, 0) is 7.05 Å². The van der Waals surface area contributed by atoms with Crippen LogP contribution in [0.3, 0.4) is 0 Å². The molecule has 5 rings (SSSR count). The molecule has 0 radical (unpaired) electrons. The first-order chi connectivity index (χ1) is 13.8. The average molecular weight is 372 g/mol. The predicted molar refractivity (Wildman–Crippen MR) is 109 cm³/mol. The quantitative estimate of drug-likeness (QED) is 0.500. The standard InChI is InChI=1S/C22H20N4O2/c1-26-22-18(14-23-26)16-8-10-20-17(13-16)19(24-25-20)9-7-15-5-2-3-6-21(15)27-11-4-12-28-22/h2-3,5-10,13-14H,4,11-12H2,1H3,(H,24,25)/b9-7+. The molecule has 1 N–H and O–H groups in total. The van der Waals surface area contributed by atoms with Crippen LogP contribution in [0.15, 0.2) is 48.7 Å². The summed E-state index contributed by atoms with van der Waals surface area (Å²) in [5.74, 6) is 1.62. The maximum atomic E-state index is 6.05. The molecule has 4 aromatic rings. The van der Waals surface area contributed by atoms with E-state index in [9.17, 15) is 0 Å². The van der Waals surface area contributed by atoms with Gasteiger partial charge in [0.25, 0.3) is 0 Å². The minimum atomic E-state index is 0.559. The maximum absolute atomic E-state index is 6.05. The lowest BCUT2D eigenvalue weighted by Gasteiger charge is -2.11. The van der Waals surface area contributed by atoms with E-state index in [-0.39, 0.29) is 0 Å². The van der Waals surface area contributed by atoms with E-state index in [0.717, 1.165) is 51.3 Å². The number of hydrogen-bond acceptors (Lipinski definition) is 4. The van der Waals surface area contributed by atoms with Gasteiger partial charge in [-0.25, -0.2) is 4.68 Å². The van der Waals surface area contributed by atoms with Gasteiger partial charge in [0.2, 0.25) is 5.88 Å². The van der Waals surface area contributed by atoms with Crippen LogP contribution in [0.2, 0.25) is 0 Å². The van der Waals surface area contributed by atoms with Crippen molar-refractivity contribution in [1.29, 1.82) is 0 Å². The molecular formula is C22H20N4O2. The Labute approximate surface area is 162 Å². The van der Waals surface area contributed by atoms with Gasteiger partial charge in [0.1, 0.15) is 5.75 Å². The largest absolute Gasteiger partial charge is 0.493 e. The van der Waals surface area contributed by atoms with Gasteiger partial charge in [0.15, 0.2) is 0 Å². The van der Waals surface area contributed by atoms with Crippen molar-refractivity contribution in [3.05, 3.63) is 59.9 Å². The Hall–Kier alpha value is -3.54. The molecule has 0 spiro atoms. The number of para-hydroxylation sites is 1. The van der Waals surface area contributed by atoms with Crippen LogP contribution in [0.4, 0.5) is 0 Å². The minimum Gasteiger partial charge on any atom is -0.493 e. The van der Waals surface area contributed by atoms with Crippen molar-refractivity contribution in [2.45, 2.75) is 6.42 Å². The number of hydrogen-bond donors (Lipinski definition) is 1. The Morgan fingerprint density at radius 1 is 1.04 bits per heavy atom. The van der Waals surface area contributed by atoms with Crippen LogP contribution in [-0.4, -0.2) is 33.2 Å². The molecule has 2 aromatic heterocycles. The van der Waals surface area contributed by atoms with E-state index in [1.807, 2.05) is 49.7 Å². The summed E-state index contributed by atoms with van der Waals surface area (Å²) >= 11 is 0. The molecule has 2 bridgehead atoms. The summed E-state index contributed by atoms with van der Waals surface area (Å²) in [5.41, 5.74) is 4.93. The van der Waals surface area contributed by atoms with Crippen LogP contribution in [0.1, 0.15) is 17.7 Å². The first kappa shape index (κ1) is 16.6. The number of fused-ring (bicyclic) bond motifs is 4. The van der Waals surface area contributed by atoms with E-state index in [0.29, 0.717) is 13.2 Å². The van der Waals surface area contributed by atoms with E-state index >= 15 is 0 Å². The second-order valence-corrected chi connectivity index (χ2v) is 6.78. The molecule has 28 heavy (non-hydrogen) atoms. The highest BCUT2D eigenvalue weighted by Crippen LogP contribution is 2.33. The van der Waals surface area contributed by atoms with E-state index < -0.39 is 0 Å². The lowest BCUT2D eigenvalue weighted by Crippen LogP contribution is -2.08. The fourth-order valence-corrected chi connectivity index (χ4v) is 3.45. The summed E-state index contributed by atoms with van der Waals surface area (Å²) in [6.07, 6.45) is 6.73. The van der Waals surface area contributed by atoms with Crippen LogP contribution < -0.4 is 9.47 Å². The predicted octanol–water partition coefficient (Wildman–Crippen LogP) is 4.30. The Morgan fingerprint density at radius 2 is 1.93 bits per heavy atom. The van der Waals surface area contributed by atoms with Crippen molar-refractivity contribution in [2.75, 3.05) is 13.2 Å². The fourth-order valence-electron chi connectivity index (χ4n) is 3.45. The van der Waals surface area contributed by atoms with Gasteiger partial charge in [-0.1, -0.05) is 24.3 Å². The molecule has 0 aliphatic carbocycles. The Kier molecular flexibility index (Phi) is 4.09. The van der Waals surface area contributed by atoms with E-state index in [1.54, 1.807) is 4.68 Å². The fraction of sp³-hybridized carbons (Fsp3) is 0.182. The molecule has 140 valence electrons. The summed E-state index contributed by atoms with van der Waals surface area (Å²) < 4.78 is 13.8. The second kappa shape index (κ2) is 6.88. The zero-order valence-corrected chi connectivity index (χ0v) is 15.6. The molecule has 6 nitrogen and oxygen atoms in total. The number of nitrogens with zero attached hydrogens (tertiary/aromatic N) is 3. The SMILES string of the molecule is Cn1ncc2c1OCCCOc1ccccc1/C=C/c1[nH]nc3ccc-2cc13. The molecule has 0 unspecified atom stereocenters. The Bertz CT molecular complexity index is 1170. The average Bonchev–Trinajstić information content (AvgIpc) is 3.29. The van der Waals surface area contributed by atoms with Gasteiger partial charge in [-0.3, -0.25) is 5.10 Å². The molecular weight excluding hydrogens is 352 g/mol. The summed E-state index contributed by atoms with van der Waals surface area (Å²) in [6.45, 7) is 1.14. The molecule has 1 aliphatic heterocycles. The molecule has 0 saturated heterocycles. The van der Waals surface area contributed by atoms with Crippen LogP contribution in [0.25, 0.3) is 34.2 Å². The van der Waals surface area contributed by atoms with E-state index in [1.165, 1.54) is 0 Å². The monoisotopic (exact) mass is 372 g/mol. The molecule has 2 aromatic carbocycles. The lowest BCUT2D eigenvalue weighted by molar-refractivity contribution is 0.236. The molecule has 0 amide bonds. The molecule has 1 aliphatic rings. The number of ether oxygens (including phenoxy) is 2. The number of aromatic nitrogens is 4. The third-order valence-corrected chi connectivity index (χ3v) is 4.91. The zero-order chi connectivity index (χ0) is 18.9. The van der Waals surface area contributed by atoms with Gasteiger partial charge in [0, 0.05) is 24.4 Å². The lowest BCUT2D eigenvalue weighted by atomic mass is 10.1. The van der Waals surface area contributed by atoms with Gasteiger partial charge in [0.05, 0.1) is 36.2 Å². The van der Waals surface area contributed by atoms with Crippen molar-refractivity contribution < 1.29 is 9.47 Å². The van der Waals surface area contributed by atoms with E-state index in [2.05, 4.69) is 33.5 Å². The Balaban J connectivity index is 1.66. The van der Waals surface area contributed by atoms with Crippen LogP contribution in [0.5, 0.6) is 11.6 Å². The molecule has 3 heterocycles. The molecule has 0 saturated carbocycles. The van der Waals surface area contributed by atoms with Crippen molar-refractivity contribution >= 4 is 23.1 Å². The first-order valence-electron chi connectivity index (χ1n) is 9.33. The highest BCUT2D eigenvalue weighted by Gasteiger charge is 2.14.